The van der Waals surface area contributed by atoms with Crippen molar-refractivity contribution in [3.8, 4) is 0 Å². The average Bonchev–Trinajstić information content (AvgIpc) is 3.26. The predicted octanol–water partition coefficient (Wildman–Crippen LogP) is 2.97. The standard InChI is InChI=1S/C18H23N3O2S/c1-14(11-21-9-8-19-13-21)20-18(22)16-6-2-3-7-17(16)24-12-15-5-4-10-23-15/h2-3,6-9,13-15H,4-5,10-12H2,1H3,(H,20,22)/t14-,15+/m0/s1. The van der Waals surface area contributed by atoms with Crippen molar-refractivity contribution in [1.82, 2.24) is 14.9 Å². The van der Waals surface area contributed by atoms with Gasteiger partial charge < -0.3 is 14.6 Å². The minimum Gasteiger partial charge on any atom is -0.377 e. The number of nitrogens with zero attached hydrogens (tertiary/aromatic N) is 2. The molecule has 1 aliphatic rings. The number of carbonyl (C=O) groups is 1. The topological polar surface area (TPSA) is 56.2 Å². The first-order chi connectivity index (χ1) is 11.7. The fourth-order valence-corrected chi connectivity index (χ4v) is 3.92. The van der Waals surface area contributed by atoms with Crippen LogP contribution in [0.25, 0.3) is 0 Å². The Bertz CT molecular complexity index is 654. The van der Waals surface area contributed by atoms with E-state index in [4.69, 9.17) is 4.74 Å². The highest BCUT2D eigenvalue weighted by molar-refractivity contribution is 7.99. The Morgan fingerprint density at radius 2 is 2.38 bits per heavy atom. The maximum Gasteiger partial charge on any atom is 0.252 e. The number of amides is 1. The highest BCUT2D eigenvalue weighted by atomic mass is 32.2. The second-order valence-corrected chi connectivity index (χ2v) is 7.14. The maximum atomic E-state index is 12.6. The van der Waals surface area contributed by atoms with E-state index in [0.29, 0.717) is 12.6 Å². The van der Waals surface area contributed by atoms with Crippen LogP contribution in [0.4, 0.5) is 0 Å². The molecule has 1 aliphatic heterocycles. The zero-order valence-electron chi connectivity index (χ0n) is 13.9. The lowest BCUT2D eigenvalue weighted by molar-refractivity contribution is 0.0933. The first-order valence-corrected chi connectivity index (χ1v) is 9.31. The average molecular weight is 345 g/mol. The monoisotopic (exact) mass is 345 g/mol. The van der Waals surface area contributed by atoms with Crippen LogP contribution >= 0.6 is 11.8 Å². The maximum absolute atomic E-state index is 12.6. The zero-order valence-corrected chi connectivity index (χ0v) is 14.7. The Morgan fingerprint density at radius 1 is 1.50 bits per heavy atom. The second kappa shape index (κ2) is 8.35. The van der Waals surface area contributed by atoms with E-state index < -0.39 is 0 Å². The van der Waals surface area contributed by atoms with E-state index in [9.17, 15) is 4.79 Å². The summed E-state index contributed by atoms with van der Waals surface area (Å²) in [5.41, 5.74) is 0.734. The van der Waals surface area contributed by atoms with Crippen molar-refractivity contribution in [3.63, 3.8) is 0 Å². The molecule has 0 radical (unpaired) electrons. The molecule has 0 unspecified atom stereocenters. The van der Waals surface area contributed by atoms with Gasteiger partial charge >= 0.3 is 0 Å². The SMILES string of the molecule is C[C@@H](Cn1ccnc1)NC(=O)c1ccccc1SC[C@H]1CCCO1. The van der Waals surface area contributed by atoms with Gasteiger partial charge in [0.05, 0.1) is 18.0 Å². The lowest BCUT2D eigenvalue weighted by Crippen LogP contribution is -2.35. The Morgan fingerprint density at radius 3 is 3.12 bits per heavy atom. The van der Waals surface area contributed by atoms with Crippen molar-refractivity contribution >= 4 is 17.7 Å². The summed E-state index contributed by atoms with van der Waals surface area (Å²) >= 11 is 1.70. The molecule has 0 bridgehead atoms. The second-order valence-electron chi connectivity index (χ2n) is 6.08. The first kappa shape index (κ1) is 17.0. The molecule has 2 heterocycles. The molecule has 3 rings (SSSR count). The van der Waals surface area contributed by atoms with Crippen LogP contribution in [0.15, 0.2) is 47.9 Å². The van der Waals surface area contributed by atoms with E-state index in [2.05, 4.69) is 10.3 Å². The van der Waals surface area contributed by atoms with E-state index in [1.54, 1.807) is 24.3 Å². The molecule has 1 N–H and O–H groups in total. The third-order valence-electron chi connectivity index (χ3n) is 4.00. The van der Waals surface area contributed by atoms with E-state index in [-0.39, 0.29) is 11.9 Å². The van der Waals surface area contributed by atoms with Crippen LogP contribution in [0.5, 0.6) is 0 Å². The Labute approximate surface area is 146 Å². The van der Waals surface area contributed by atoms with Crippen LogP contribution < -0.4 is 5.32 Å². The summed E-state index contributed by atoms with van der Waals surface area (Å²) in [7, 11) is 0. The number of hydrogen-bond donors (Lipinski definition) is 1. The fraction of sp³-hybridized carbons (Fsp3) is 0.444. The van der Waals surface area contributed by atoms with E-state index in [1.807, 2.05) is 42.0 Å². The summed E-state index contributed by atoms with van der Waals surface area (Å²) < 4.78 is 7.63. The first-order valence-electron chi connectivity index (χ1n) is 8.32. The molecule has 0 saturated carbocycles. The third kappa shape index (κ3) is 4.61. The summed E-state index contributed by atoms with van der Waals surface area (Å²) in [6, 6.07) is 7.81. The molecule has 24 heavy (non-hydrogen) atoms. The molecule has 1 fully saturated rings. The third-order valence-corrected chi connectivity index (χ3v) is 5.21. The van der Waals surface area contributed by atoms with Crippen LogP contribution in [0, 0.1) is 0 Å². The quantitative estimate of drug-likeness (QED) is 0.784. The normalized spacial score (nSPS) is 18.5. The summed E-state index contributed by atoms with van der Waals surface area (Å²) in [5.74, 6) is 0.868. The Balaban J connectivity index is 1.59. The lowest BCUT2D eigenvalue weighted by Gasteiger charge is -2.16. The molecule has 1 aromatic carbocycles. The van der Waals surface area contributed by atoms with E-state index >= 15 is 0 Å². The summed E-state index contributed by atoms with van der Waals surface area (Å²) in [6.45, 7) is 3.57. The van der Waals surface area contributed by atoms with E-state index in [0.717, 1.165) is 35.7 Å². The van der Waals surface area contributed by atoms with Crippen molar-refractivity contribution in [3.05, 3.63) is 48.5 Å². The molecule has 1 aromatic heterocycles. The Kier molecular flexibility index (Phi) is 5.93. The van der Waals surface area contributed by atoms with Gasteiger partial charge in [-0.2, -0.15) is 0 Å². The Hall–Kier alpha value is -1.79. The van der Waals surface area contributed by atoms with Crippen LogP contribution in [-0.4, -0.2) is 40.0 Å². The zero-order chi connectivity index (χ0) is 16.8. The van der Waals surface area contributed by atoms with Gasteiger partial charge in [-0.3, -0.25) is 4.79 Å². The van der Waals surface area contributed by atoms with Gasteiger partial charge in [0.2, 0.25) is 0 Å². The van der Waals surface area contributed by atoms with Gasteiger partial charge in [-0.1, -0.05) is 12.1 Å². The van der Waals surface area contributed by atoms with Gasteiger partial charge in [0, 0.05) is 42.2 Å². The van der Waals surface area contributed by atoms with Crippen molar-refractivity contribution < 1.29 is 9.53 Å². The molecule has 2 aromatic rings. The molecule has 5 nitrogen and oxygen atoms in total. The predicted molar refractivity (Wildman–Crippen MR) is 95.3 cm³/mol. The minimum atomic E-state index is -0.0296. The van der Waals surface area contributed by atoms with Crippen molar-refractivity contribution in [2.24, 2.45) is 0 Å². The van der Waals surface area contributed by atoms with Gasteiger partial charge in [0.1, 0.15) is 0 Å². The van der Waals surface area contributed by atoms with Gasteiger partial charge in [0.15, 0.2) is 0 Å². The van der Waals surface area contributed by atoms with Crippen molar-refractivity contribution in [2.45, 2.75) is 43.4 Å². The molecule has 2 atom stereocenters. The lowest BCUT2D eigenvalue weighted by atomic mass is 10.2. The van der Waals surface area contributed by atoms with Crippen LogP contribution in [0.2, 0.25) is 0 Å². The molecule has 128 valence electrons. The largest absolute Gasteiger partial charge is 0.377 e. The molecule has 6 heteroatoms. The molecule has 0 aliphatic carbocycles. The van der Waals surface area contributed by atoms with Crippen LogP contribution in [0.3, 0.4) is 0 Å². The highest BCUT2D eigenvalue weighted by Gasteiger charge is 2.18. The van der Waals surface area contributed by atoms with Gasteiger partial charge in [-0.05, 0) is 31.9 Å². The number of imidazole rings is 1. The number of ether oxygens (including phenoxy) is 1. The van der Waals surface area contributed by atoms with E-state index in [1.165, 1.54) is 0 Å². The van der Waals surface area contributed by atoms with Crippen molar-refractivity contribution in [2.75, 3.05) is 12.4 Å². The fourth-order valence-electron chi connectivity index (χ4n) is 2.80. The number of thioether (sulfide) groups is 1. The number of rotatable bonds is 7. The molecule has 1 saturated heterocycles. The summed E-state index contributed by atoms with van der Waals surface area (Å²) in [5, 5.41) is 3.07. The highest BCUT2D eigenvalue weighted by Crippen LogP contribution is 2.26. The summed E-state index contributed by atoms with van der Waals surface area (Å²) in [6.07, 6.45) is 7.96. The number of aromatic nitrogens is 2. The van der Waals surface area contributed by atoms with Gasteiger partial charge in [0.25, 0.3) is 5.91 Å². The van der Waals surface area contributed by atoms with Crippen LogP contribution in [-0.2, 0) is 11.3 Å². The smallest absolute Gasteiger partial charge is 0.252 e. The molecule has 1 amide bonds. The number of nitrogens with one attached hydrogen (secondary N) is 1. The number of carbonyl (C=O) groups excluding carboxylic acids is 1. The van der Waals surface area contributed by atoms with Gasteiger partial charge in [-0.25, -0.2) is 4.98 Å². The molecular weight excluding hydrogens is 322 g/mol. The van der Waals surface area contributed by atoms with Crippen LogP contribution in [0.1, 0.15) is 30.1 Å². The van der Waals surface area contributed by atoms with Gasteiger partial charge in [-0.15, -0.1) is 11.8 Å². The number of benzene rings is 1. The minimum absolute atomic E-state index is 0.0296. The van der Waals surface area contributed by atoms with Crippen molar-refractivity contribution in [1.29, 1.82) is 0 Å². The molecular formula is C18H23N3O2S. The molecule has 0 spiro atoms. The number of hydrogen-bond acceptors (Lipinski definition) is 4. The summed E-state index contributed by atoms with van der Waals surface area (Å²) in [4.78, 5) is 17.7.